The van der Waals surface area contributed by atoms with Crippen molar-refractivity contribution >= 4 is 10.8 Å². The van der Waals surface area contributed by atoms with Crippen molar-refractivity contribution in [2.75, 3.05) is 40.6 Å². The van der Waals surface area contributed by atoms with Gasteiger partial charge < -0.3 is 18.9 Å². The molecule has 0 heterocycles. The van der Waals surface area contributed by atoms with Gasteiger partial charge in [-0.25, -0.2) is 0 Å². The van der Waals surface area contributed by atoms with Crippen LogP contribution in [0.25, 0.3) is 10.8 Å². The first kappa shape index (κ1) is 14.6. The Hall–Kier alpha value is -1.78. The molecule has 0 spiro atoms. The molecule has 0 fully saturated rings. The third-order valence-corrected chi connectivity index (χ3v) is 2.90. The lowest BCUT2D eigenvalue weighted by Gasteiger charge is -2.09. The smallest absolute Gasteiger partial charge is 0.120 e. The zero-order chi connectivity index (χ0) is 14.2. The summed E-state index contributed by atoms with van der Waals surface area (Å²) in [6.07, 6.45) is 0. The molecule has 0 aliphatic rings. The van der Waals surface area contributed by atoms with Crippen molar-refractivity contribution in [1.29, 1.82) is 0 Å². The van der Waals surface area contributed by atoms with Gasteiger partial charge in [0.1, 0.15) is 24.7 Å². The highest BCUT2D eigenvalue weighted by Gasteiger charge is 2.00. The van der Waals surface area contributed by atoms with Crippen LogP contribution in [0.5, 0.6) is 11.5 Å². The standard InChI is InChI=1S/C16H20O4/c1-17-7-9-19-15-5-3-14-12-16(20-10-8-18-2)6-4-13(14)11-15/h3-6,11-12H,7-10H2,1-2H3. The van der Waals surface area contributed by atoms with Gasteiger partial charge in [-0.1, -0.05) is 12.1 Å². The average molecular weight is 276 g/mol. The van der Waals surface area contributed by atoms with E-state index in [4.69, 9.17) is 18.9 Å². The minimum Gasteiger partial charge on any atom is -0.491 e. The van der Waals surface area contributed by atoms with E-state index in [0.717, 1.165) is 22.3 Å². The van der Waals surface area contributed by atoms with Gasteiger partial charge >= 0.3 is 0 Å². The Labute approximate surface area is 119 Å². The summed E-state index contributed by atoms with van der Waals surface area (Å²) < 4.78 is 21.1. The second kappa shape index (κ2) is 7.72. The van der Waals surface area contributed by atoms with Crippen LogP contribution < -0.4 is 9.47 Å². The molecule has 2 aromatic carbocycles. The molecule has 4 nitrogen and oxygen atoms in total. The summed E-state index contributed by atoms with van der Waals surface area (Å²) in [5, 5.41) is 2.25. The van der Waals surface area contributed by atoms with Crippen LogP contribution in [-0.2, 0) is 9.47 Å². The van der Waals surface area contributed by atoms with E-state index in [1.54, 1.807) is 14.2 Å². The molecular weight excluding hydrogens is 256 g/mol. The summed E-state index contributed by atoms with van der Waals surface area (Å²) in [5.41, 5.74) is 0. The molecule has 4 heteroatoms. The zero-order valence-corrected chi connectivity index (χ0v) is 11.9. The third-order valence-electron chi connectivity index (χ3n) is 2.90. The molecule has 0 unspecified atom stereocenters. The van der Waals surface area contributed by atoms with Crippen LogP contribution in [0.3, 0.4) is 0 Å². The second-order valence-electron chi connectivity index (χ2n) is 4.35. The molecule has 108 valence electrons. The van der Waals surface area contributed by atoms with Crippen LogP contribution in [0, 0.1) is 0 Å². The minimum absolute atomic E-state index is 0.556. The van der Waals surface area contributed by atoms with Gasteiger partial charge in [0.05, 0.1) is 13.2 Å². The van der Waals surface area contributed by atoms with E-state index < -0.39 is 0 Å². The fraction of sp³-hybridized carbons (Fsp3) is 0.375. The van der Waals surface area contributed by atoms with Crippen molar-refractivity contribution in [2.24, 2.45) is 0 Å². The SMILES string of the molecule is COCCOc1ccc2cc(OCCOC)ccc2c1. The third kappa shape index (κ3) is 4.11. The first-order valence-corrected chi connectivity index (χ1v) is 6.61. The summed E-state index contributed by atoms with van der Waals surface area (Å²) in [5.74, 6) is 1.70. The van der Waals surface area contributed by atoms with E-state index >= 15 is 0 Å². The lowest BCUT2D eigenvalue weighted by Crippen LogP contribution is -2.04. The molecule has 2 rings (SSSR count). The highest BCUT2D eigenvalue weighted by Crippen LogP contribution is 2.25. The van der Waals surface area contributed by atoms with E-state index in [2.05, 4.69) is 0 Å². The molecule has 0 aliphatic carbocycles. The van der Waals surface area contributed by atoms with Gasteiger partial charge in [-0.2, -0.15) is 0 Å². The average Bonchev–Trinajstić information content (AvgIpc) is 2.48. The summed E-state index contributed by atoms with van der Waals surface area (Å²) in [6.45, 7) is 2.29. The molecule has 2 aromatic rings. The van der Waals surface area contributed by atoms with Gasteiger partial charge in [0.15, 0.2) is 0 Å². The molecule has 0 aliphatic heterocycles. The lowest BCUT2D eigenvalue weighted by atomic mass is 10.1. The lowest BCUT2D eigenvalue weighted by molar-refractivity contribution is 0.146. The molecule has 0 radical (unpaired) electrons. The largest absolute Gasteiger partial charge is 0.491 e. The summed E-state index contributed by atoms with van der Waals surface area (Å²) in [4.78, 5) is 0. The molecule has 0 atom stereocenters. The molecule has 0 saturated heterocycles. The molecule has 0 N–H and O–H groups in total. The maximum Gasteiger partial charge on any atom is 0.120 e. The number of methoxy groups -OCH3 is 2. The maximum absolute atomic E-state index is 5.59. The van der Waals surface area contributed by atoms with E-state index in [9.17, 15) is 0 Å². The predicted molar refractivity (Wildman–Crippen MR) is 78.7 cm³/mol. The van der Waals surface area contributed by atoms with Crippen molar-refractivity contribution < 1.29 is 18.9 Å². The van der Waals surface area contributed by atoms with Gasteiger partial charge in [0, 0.05) is 14.2 Å². The second-order valence-corrected chi connectivity index (χ2v) is 4.35. The van der Waals surface area contributed by atoms with Gasteiger partial charge in [-0.3, -0.25) is 0 Å². The van der Waals surface area contributed by atoms with Crippen molar-refractivity contribution in [2.45, 2.75) is 0 Å². The molecule has 0 aromatic heterocycles. The fourth-order valence-corrected chi connectivity index (χ4v) is 1.87. The number of rotatable bonds is 8. The quantitative estimate of drug-likeness (QED) is 0.695. The van der Waals surface area contributed by atoms with Gasteiger partial charge in [0.2, 0.25) is 0 Å². The maximum atomic E-state index is 5.59. The molecule has 20 heavy (non-hydrogen) atoms. The van der Waals surface area contributed by atoms with Gasteiger partial charge in [0.25, 0.3) is 0 Å². The number of hydrogen-bond acceptors (Lipinski definition) is 4. The first-order valence-electron chi connectivity index (χ1n) is 6.61. The summed E-state index contributed by atoms with van der Waals surface area (Å²) in [7, 11) is 3.32. The van der Waals surface area contributed by atoms with Gasteiger partial charge in [-0.15, -0.1) is 0 Å². The van der Waals surface area contributed by atoms with Crippen LogP contribution in [-0.4, -0.2) is 40.6 Å². The Balaban J connectivity index is 2.04. The Bertz CT molecular complexity index is 490. The fourth-order valence-electron chi connectivity index (χ4n) is 1.87. The van der Waals surface area contributed by atoms with Crippen LogP contribution in [0.2, 0.25) is 0 Å². The van der Waals surface area contributed by atoms with Crippen LogP contribution in [0.1, 0.15) is 0 Å². The zero-order valence-electron chi connectivity index (χ0n) is 11.9. The van der Waals surface area contributed by atoms with E-state index in [0.29, 0.717) is 26.4 Å². The van der Waals surface area contributed by atoms with E-state index in [1.807, 2.05) is 36.4 Å². The van der Waals surface area contributed by atoms with Crippen molar-refractivity contribution in [3.63, 3.8) is 0 Å². The van der Waals surface area contributed by atoms with E-state index in [1.165, 1.54) is 0 Å². The minimum atomic E-state index is 0.556. The predicted octanol–water partition coefficient (Wildman–Crippen LogP) is 2.89. The van der Waals surface area contributed by atoms with Crippen LogP contribution in [0.4, 0.5) is 0 Å². The Morgan fingerprint density at radius 3 is 1.50 bits per heavy atom. The number of fused-ring (bicyclic) bond motifs is 1. The van der Waals surface area contributed by atoms with Crippen LogP contribution in [0.15, 0.2) is 36.4 Å². The molecule has 0 saturated carbocycles. The Morgan fingerprint density at radius 1 is 0.650 bits per heavy atom. The first-order chi connectivity index (χ1) is 9.83. The monoisotopic (exact) mass is 276 g/mol. The van der Waals surface area contributed by atoms with Crippen molar-refractivity contribution in [1.82, 2.24) is 0 Å². The number of hydrogen-bond donors (Lipinski definition) is 0. The summed E-state index contributed by atoms with van der Waals surface area (Å²) in [6, 6.07) is 12.0. The highest BCUT2D eigenvalue weighted by molar-refractivity contribution is 5.85. The normalized spacial score (nSPS) is 10.7. The molecule has 0 bridgehead atoms. The van der Waals surface area contributed by atoms with Crippen molar-refractivity contribution in [3.8, 4) is 11.5 Å². The topological polar surface area (TPSA) is 36.9 Å². The number of benzene rings is 2. The van der Waals surface area contributed by atoms with Crippen molar-refractivity contribution in [3.05, 3.63) is 36.4 Å². The van der Waals surface area contributed by atoms with E-state index in [-0.39, 0.29) is 0 Å². The summed E-state index contributed by atoms with van der Waals surface area (Å²) >= 11 is 0. The van der Waals surface area contributed by atoms with Gasteiger partial charge in [-0.05, 0) is 35.0 Å². The highest BCUT2D eigenvalue weighted by atomic mass is 16.5. The Kier molecular flexibility index (Phi) is 5.65. The van der Waals surface area contributed by atoms with Crippen LogP contribution >= 0.6 is 0 Å². The Morgan fingerprint density at radius 2 is 1.10 bits per heavy atom. The molecule has 0 amide bonds. The number of ether oxygens (including phenoxy) is 4. The molecular formula is C16H20O4.